The number of ketones is 1. The fourth-order valence-corrected chi connectivity index (χ4v) is 2.70. The van der Waals surface area contributed by atoms with Gasteiger partial charge in [-0.1, -0.05) is 35.9 Å². The first-order chi connectivity index (χ1) is 14.1. The van der Waals surface area contributed by atoms with Crippen molar-refractivity contribution in [1.82, 2.24) is 0 Å². The molecule has 0 heterocycles. The molecule has 0 aliphatic heterocycles. The van der Waals surface area contributed by atoms with Gasteiger partial charge in [-0.2, -0.15) is 0 Å². The molecule has 5 nitrogen and oxygen atoms in total. The van der Waals surface area contributed by atoms with Gasteiger partial charge < -0.3 is 14.2 Å². The molecule has 0 bridgehead atoms. The van der Waals surface area contributed by atoms with Crippen LogP contribution in [0.5, 0.6) is 11.5 Å². The van der Waals surface area contributed by atoms with E-state index in [9.17, 15) is 9.59 Å². The highest BCUT2D eigenvalue weighted by atomic mass is 35.5. The number of ether oxygens (including phenoxy) is 3. The number of methoxy groups -OCH3 is 1. The number of Topliss-reactive ketones (excluding diaryl/α,β-unsaturated/α-hetero) is 1. The number of carbonyl (C=O) groups excluding carboxylic acids is 2. The molecule has 29 heavy (non-hydrogen) atoms. The van der Waals surface area contributed by atoms with Crippen LogP contribution in [0, 0.1) is 0 Å². The summed E-state index contributed by atoms with van der Waals surface area (Å²) in [5, 5.41) is 0.638. The standard InChI is InChI=1S/C23H19ClO5/c1-27-19-12-8-17(9-13-19)21(25)15-29-23(26)20-4-2-3-5-22(20)28-14-16-6-10-18(24)11-7-16/h2-13H,14-15H2,1H3. The second kappa shape index (κ2) is 9.75. The maximum absolute atomic E-state index is 12.5. The number of para-hydroxylation sites is 1. The summed E-state index contributed by atoms with van der Waals surface area (Å²) < 4.78 is 16.0. The van der Waals surface area contributed by atoms with Crippen LogP contribution in [0.1, 0.15) is 26.3 Å². The molecule has 0 atom stereocenters. The van der Waals surface area contributed by atoms with E-state index in [0.29, 0.717) is 22.1 Å². The van der Waals surface area contributed by atoms with Gasteiger partial charge in [-0.25, -0.2) is 4.79 Å². The van der Waals surface area contributed by atoms with E-state index in [0.717, 1.165) is 5.56 Å². The number of rotatable bonds is 8. The molecular weight excluding hydrogens is 392 g/mol. The number of carbonyl (C=O) groups is 2. The Hall–Kier alpha value is -3.31. The van der Waals surface area contributed by atoms with Crippen molar-refractivity contribution in [2.24, 2.45) is 0 Å². The van der Waals surface area contributed by atoms with Crippen molar-refractivity contribution in [2.75, 3.05) is 13.7 Å². The zero-order valence-corrected chi connectivity index (χ0v) is 16.5. The number of halogens is 1. The maximum Gasteiger partial charge on any atom is 0.342 e. The number of hydrogen-bond acceptors (Lipinski definition) is 5. The molecule has 3 rings (SSSR count). The Morgan fingerprint density at radius 2 is 1.59 bits per heavy atom. The van der Waals surface area contributed by atoms with Gasteiger partial charge in [0, 0.05) is 10.6 Å². The lowest BCUT2D eigenvalue weighted by Gasteiger charge is -2.11. The van der Waals surface area contributed by atoms with Crippen LogP contribution in [0.15, 0.2) is 72.8 Å². The fourth-order valence-electron chi connectivity index (χ4n) is 2.57. The van der Waals surface area contributed by atoms with Crippen LogP contribution in [0.25, 0.3) is 0 Å². The molecule has 0 saturated carbocycles. The molecule has 0 amide bonds. The summed E-state index contributed by atoms with van der Waals surface area (Å²) in [5.41, 5.74) is 1.60. The van der Waals surface area contributed by atoms with E-state index in [1.54, 1.807) is 67.8 Å². The lowest BCUT2D eigenvalue weighted by atomic mass is 10.1. The quantitative estimate of drug-likeness (QED) is 0.387. The van der Waals surface area contributed by atoms with Gasteiger partial charge in [0.1, 0.15) is 23.7 Å². The van der Waals surface area contributed by atoms with Gasteiger partial charge in [-0.05, 0) is 54.1 Å². The van der Waals surface area contributed by atoms with Crippen LogP contribution in [0.2, 0.25) is 5.02 Å². The SMILES string of the molecule is COc1ccc(C(=O)COC(=O)c2ccccc2OCc2ccc(Cl)cc2)cc1. The third kappa shape index (κ3) is 5.59. The van der Waals surface area contributed by atoms with Crippen LogP contribution >= 0.6 is 11.6 Å². The average Bonchev–Trinajstić information content (AvgIpc) is 2.77. The summed E-state index contributed by atoms with van der Waals surface area (Å²) in [4.78, 5) is 24.7. The van der Waals surface area contributed by atoms with Gasteiger partial charge in [-0.15, -0.1) is 0 Å². The molecule has 3 aromatic rings. The Morgan fingerprint density at radius 1 is 0.897 bits per heavy atom. The van der Waals surface area contributed by atoms with E-state index in [4.69, 9.17) is 25.8 Å². The number of hydrogen-bond donors (Lipinski definition) is 0. The summed E-state index contributed by atoms with van der Waals surface area (Å²) in [6.07, 6.45) is 0. The van der Waals surface area contributed by atoms with Crippen molar-refractivity contribution in [3.05, 3.63) is 94.5 Å². The summed E-state index contributed by atoms with van der Waals surface area (Å²) >= 11 is 5.88. The van der Waals surface area contributed by atoms with Crippen molar-refractivity contribution in [3.63, 3.8) is 0 Å². The third-order valence-corrected chi connectivity index (χ3v) is 4.41. The van der Waals surface area contributed by atoms with Crippen LogP contribution < -0.4 is 9.47 Å². The molecule has 0 N–H and O–H groups in total. The molecule has 0 fully saturated rings. The molecule has 0 aromatic heterocycles. The summed E-state index contributed by atoms with van der Waals surface area (Å²) in [6, 6.07) is 20.6. The van der Waals surface area contributed by atoms with Crippen molar-refractivity contribution < 1.29 is 23.8 Å². The van der Waals surface area contributed by atoms with E-state index in [1.165, 1.54) is 0 Å². The Morgan fingerprint density at radius 3 is 2.28 bits per heavy atom. The van der Waals surface area contributed by atoms with Gasteiger partial charge in [0.25, 0.3) is 0 Å². The molecule has 6 heteroatoms. The molecule has 0 spiro atoms. The van der Waals surface area contributed by atoms with Gasteiger partial charge in [0.15, 0.2) is 12.4 Å². The van der Waals surface area contributed by atoms with Crippen molar-refractivity contribution in [1.29, 1.82) is 0 Å². The second-order valence-electron chi connectivity index (χ2n) is 6.14. The van der Waals surface area contributed by atoms with Gasteiger partial charge in [0.2, 0.25) is 0 Å². The van der Waals surface area contributed by atoms with Gasteiger partial charge in [0.05, 0.1) is 7.11 Å². The fraction of sp³-hybridized carbons (Fsp3) is 0.130. The minimum Gasteiger partial charge on any atom is -0.497 e. The highest BCUT2D eigenvalue weighted by Gasteiger charge is 2.16. The predicted octanol–water partition coefficient (Wildman–Crippen LogP) is 4.97. The maximum atomic E-state index is 12.5. The summed E-state index contributed by atoms with van der Waals surface area (Å²) in [5.74, 6) is 0.0915. The van der Waals surface area contributed by atoms with Crippen molar-refractivity contribution in [2.45, 2.75) is 6.61 Å². The lowest BCUT2D eigenvalue weighted by molar-refractivity contribution is 0.0470. The lowest BCUT2D eigenvalue weighted by Crippen LogP contribution is -2.15. The topological polar surface area (TPSA) is 61.8 Å². The molecule has 3 aromatic carbocycles. The number of esters is 1. The first kappa shape index (κ1) is 20.4. The smallest absolute Gasteiger partial charge is 0.342 e. The molecule has 0 unspecified atom stereocenters. The van der Waals surface area contributed by atoms with Crippen LogP contribution in [-0.4, -0.2) is 25.5 Å². The van der Waals surface area contributed by atoms with Crippen LogP contribution in [-0.2, 0) is 11.3 Å². The second-order valence-corrected chi connectivity index (χ2v) is 6.58. The van der Waals surface area contributed by atoms with E-state index >= 15 is 0 Å². The summed E-state index contributed by atoms with van der Waals surface area (Å²) in [6.45, 7) is -0.0943. The minimum atomic E-state index is -0.626. The average molecular weight is 411 g/mol. The Labute approximate surface area is 173 Å². The Balaban J connectivity index is 1.61. The molecule has 148 valence electrons. The normalized spacial score (nSPS) is 10.3. The first-order valence-corrected chi connectivity index (χ1v) is 9.25. The van der Waals surface area contributed by atoms with E-state index in [1.807, 2.05) is 12.1 Å². The Bertz CT molecular complexity index is 981. The third-order valence-electron chi connectivity index (χ3n) is 4.16. The van der Waals surface area contributed by atoms with E-state index in [-0.39, 0.29) is 24.6 Å². The molecule has 0 aliphatic rings. The van der Waals surface area contributed by atoms with Gasteiger partial charge in [-0.3, -0.25) is 4.79 Å². The zero-order valence-electron chi connectivity index (χ0n) is 15.8. The monoisotopic (exact) mass is 410 g/mol. The molecule has 0 aliphatic carbocycles. The highest BCUT2D eigenvalue weighted by molar-refractivity contribution is 6.30. The van der Waals surface area contributed by atoms with Crippen molar-refractivity contribution in [3.8, 4) is 11.5 Å². The molecule has 0 radical (unpaired) electrons. The number of benzene rings is 3. The Kier molecular flexibility index (Phi) is 6.87. The predicted molar refractivity (Wildman–Crippen MR) is 110 cm³/mol. The van der Waals surface area contributed by atoms with Crippen LogP contribution in [0.4, 0.5) is 0 Å². The molecule has 0 saturated heterocycles. The first-order valence-electron chi connectivity index (χ1n) is 8.87. The highest BCUT2D eigenvalue weighted by Crippen LogP contribution is 2.21. The molecular formula is C23H19ClO5. The van der Waals surface area contributed by atoms with Crippen LogP contribution in [0.3, 0.4) is 0 Å². The van der Waals surface area contributed by atoms with E-state index < -0.39 is 5.97 Å². The largest absolute Gasteiger partial charge is 0.497 e. The van der Waals surface area contributed by atoms with E-state index in [2.05, 4.69) is 0 Å². The zero-order chi connectivity index (χ0) is 20.6. The van der Waals surface area contributed by atoms with Gasteiger partial charge >= 0.3 is 5.97 Å². The van der Waals surface area contributed by atoms with Crippen molar-refractivity contribution >= 4 is 23.4 Å². The summed E-state index contributed by atoms with van der Waals surface area (Å²) in [7, 11) is 1.55. The minimum absolute atomic E-state index is 0.254.